The molecule has 0 heterocycles. The fourth-order valence-corrected chi connectivity index (χ4v) is 1.82. The molecule has 0 unspecified atom stereocenters. The summed E-state index contributed by atoms with van der Waals surface area (Å²) >= 11 is 4.64. The van der Waals surface area contributed by atoms with E-state index in [2.05, 4.69) is 15.9 Å². The lowest BCUT2D eigenvalue weighted by atomic mass is 10.0. The van der Waals surface area contributed by atoms with Gasteiger partial charge in [0.05, 0.1) is 5.92 Å². The first-order chi connectivity index (χ1) is 6.15. The molecule has 0 radical (unpaired) electrons. The molecule has 1 nitrogen and oxygen atoms in total. The molecule has 0 spiro atoms. The van der Waals surface area contributed by atoms with E-state index in [9.17, 15) is 4.79 Å². The monoisotopic (exact) mass is 258 g/mol. The zero-order valence-corrected chi connectivity index (χ0v) is 9.98. The van der Waals surface area contributed by atoms with Crippen molar-refractivity contribution in [3.05, 3.63) is 34.3 Å². The fourth-order valence-electron chi connectivity index (χ4n) is 1.06. The number of rotatable bonds is 2. The largest absolute Gasteiger partial charge is 0.287 e. The highest BCUT2D eigenvalue weighted by Gasteiger charge is 2.13. The van der Waals surface area contributed by atoms with Gasteiger partial charge in [0.2, 0.25) is 0 Å². The topological polar surface area (TPSA) is 17.1 Å². The molecule has 0 saturated carbocycles. The van der Waals surface area contributed by atoms with Gasteiger partial charge in [-0.2, -0.15) is 0 Å². The third-order valence-corrected chi connectivity index (χ3v) is 3.21. The first-order valence-electron chi connectivity index (χ1n) is 3.98. The van der Waals surface area contributed by atoms with Gasteiger partial charge >= 0.3 is 0 Å². The molecule has 13 heavy (non-hydrogen) atoms. The lowest BCUT2D eigenvalue weighted by molar-refractivity contribution is -0.111. The third-order valence-electron chi connectivity index (χ3n) is 1.92. The number of halogens is 1. The maximum Gasteiger partial charge on any atom is 0.195 e. The summed E-state index contributed by atoms with van der Waals surface area (Å²) in [5.74, 6) is -0.0110. The summed E-state index contributed by atoms with van der Waals surface area (Å²) in [4.78, 5) is 11.3. The van der Waals surface area contributed by atoms with E-state index in [0.29, 0.717) is 0 Å². The minimum Gasteiger partial charge on any atom is -0.287 e. The zero-order valence-electron chi connectivity index (χ0n) is 7.58. The number of carbonyl (C=O) groups excluding carboxylic acids is 1. The van der Waals surface area contributed by atoms with Gasteiger partial charge in [0.15, 0.2) is 5.12 Å². The van der Waals surface area contributed by atoms with E-state index in [4.69, 9.17) is 0 Å². The van der Waals surface area contributed by atoms with Crippen molar-refractivity contribution in [2.45, 2.75) is 12.8 Å². The average molecular weight is 259 g/mol. The quantitative estimate of drug-likeness (QED) is 0.809. The van der Waals surface area contributed by atoms with E-state index >= 15 is 0 Å². The summed E-state index contributed by atoms with van der Waals surface area (Å²) in [6.07, 6.45) is 1.82. The van der Waals surface area contributed by atoms with Crippen molar-refractivity contribution >= 4 is 32.8 Å². The predicted molar refractivity (Wildman–Crippen MR) is 61.1 cm³/mol. The summed E-state index contributed by atoms with van der Waals surface area (Å²) in [5, 5.41) is 0.210. The molecule has 1 aromatic rings. The SMILES string of the molecule is CSC(=O)[C@H](C)c1ccc(Br)cc1. The first kappa shape index (κ1) is 10.8. The molecule has 1 aromatic carbocycles. The Bertz CT molecular complexity index is 294. The summed E-state index contributed by atoms with van der Waals surface area (Å²) in [5.41, 5.74) is 1.07. The van der Waals surface area contributed by atoms with Crippen molar-refractivity contribution in [2.75, 3.05) is 6.26 Å². The van der Waals surface area contributed by atoms with Gasteiger partial charge in [-0.25, -0.2) is 0 Å². The van der Waals surface area contributed by atoms with Gasteiger partial charge < -0.3 is 0 Å². The van der Waals surface area contributed by atoms with Gasteiger partial charge in [0.25, 0.3) is 0 Å². The van der Waals surface area contributed by atoms with Crippen molar-refractivity contribution in [3.63, 3.8) is 0 Å². The van der Waals surface area contributed by atoms with Crippen LogP contribution < -0.4 is 0 Å². The molecule has 0 N–H and O–H groups in total. The van der Waals surface area contributed by atoms with Crippen LogP contribution in [0.2, 0.25) is 0 Å². The van der Waals surface area contributed by atoms with Crippen molar-refractivity contribution < 1.29 is 4.79 Å². The molecule has 0 aromatic heterocycles. The lowest BCUT2D eigenvalue weighted by Gasteiger charge is -2.08. The maximum atomic E-state index is 11.3. The fraction of sp³-hybridized carbons (Fsp3) is 0.300. The van der Waals surface area contributed by atoms with Crippen LogP contribution in [0.1, 0.15) is 18.4 Å². The molecule has 0 aliphatic carbocycles. The van der Waals surface area contributed by atoms with Gasteiger partial charge in [-0.3, -0.25) is 4.79 Å². The smallest absolute Gasteiger partial charge is 0.195 e. The standard InChI is InChI=1S/C10H11BrOS/c1-7(10(12)13-2)8-3-5-9(11)6-4-8/h3-7H,1-2H3/t7-/m1/s1. The Kier molecular flexibility index (Phi) is 4.00. The van der Waals surface area contributed by atoms with Crippen molar-refractivity contribution in [1.82, 2.24) is 0 Å². The molecule has 0 amide bonds. The highest BCUT2D eigenvalue weighted by atomic mass is 79.9. The average Bonchev–Trinajstić information content (AvgIpc) is 2.17. The van der Waals surface area contributed by atoms with Gasteiger partial charge in [-0.1, -0.05) is 46.7 Å². The van der Waals surface area contributed by atoms with Crippen LogP contribution in [0.3, 0.4) is 0 Å². The lowest BCUT2D eigenvalue weighted by Crippen LogP contribution is -2.03. The van der Waals surface area contributed by atoms with Gasteiger partial charge in [-0.05, 0) is 24.0 Å². The summed E-state index contributed by atoms with van der Waals surface area (Å²) in [7, 11) is 0. The number of carbonyl (C=O) groups is 1. The van der Waals surface area contributed by atoms with Crippen LogP contribution in [0.25, 0.3) is 0 Å². The molecule has 0 aliphatic rings. The van der Waals surface area contributed by atoms with Crippen molar-refractivity contribution in [1.29, 1.82) is 0 Å². The highest BCUT2D eigenvalue weighted by Crippen LogP contribution is 2.22. The van der Waals surface area contributed by atoms with Crippen LogP contribution in [0, 0.1) is 0 Å². The molecular weight excluding hydrogens is 248 g/mol. The molecule has 0 saturated heterocycles. The molecule has 0 bridgehead atoms. The summed E-state index contributed by atoms with van der Waals surface area (Å²) < 4.78 is 1.04. The Balaban J connectivity index is 2.83. The molecule has 1 rings (SSSR count). The second-order valence-electron chi connectivity index (χ2n) is 2.80. The van der Waals surface area contributed by atoms with Gasteiger partial charge in [-0.15, -0.1) is 0 Å². The van der Waals surface area contributed by atoms with Gasteiger partial charge in [0.1, 0.15) is 0 Å². The van der Waals surface area contributed by atoms with E-state index in [1.54, 1.807) is 0 Å². The molecule has 70 valence electrons. The first-order valence-corrected chi connectivity index (χ1v) is 6.00. The molecule has 1 atom stereocenters. The molecular formula is C10H11BrOS. The Morgan fingerprint density at radius 2 is 1.92 bits per heavy atom. The van der Waals surface area contributed by atoms with Crippen LogP contribution in [-0.4, -0.2) is 11.4 Å². The number of thioether (sulfide) groups is 1. The third kappa shape index (κ3) is 2.85. The minimum atomic E-state index is -0.0110. The maximum absolute atomic E-state index is 11.3. The Morgan fingerprint density at radius 3 is 2.38 bits per heavy atom. The van der Waals surface area contributed by atoms with E-state index in [1.807, 2.05) is 37.4 Å². The van der Waals surface area contributed by atoms with Crippen molar-refractivity contribution in [2.24, 2.45) is 0 Å². The number of hydrogen-bond donors (Lipinski definition) is 0. The van der Waals surface area contributed by atoms with E-state index in [0.717, 1.165) is 10.0 Å². The Labute approximate surface area is 91.0 Å². The number of benzene rings is 1. The van der Waals surface area contributed by atoms with Crippen LogP contribution in [0.15, 0.2) is 28.7 Å². The van der Waals surface area contributed by atoms with Crippen LogP contribution in [0.5, 0.6) is 0 Å². The van der Waals surface area contributed by atoms with Crippen LogP contribution >= 0.6 is 27.7 Å². The molecule has 0 aliphatic heterocycles. The Hall–Kier alpha value is -0.280. The van der Waals surface area contributed by atoms with E-state index in [1.165, 1.54) is 11.8 Å². The predicted octanol–water partition coefficient (Wildman–Crippen LogP) is 3.44. The second kappa shape index (κ2) is 4.82. The Morgan fingerprint density at radius 1 is 1.38 bits per heavy atom. The molecule has 0 fully saturated rings. The second-order valence-corrected chi connectivity index (χ2v) is 4.52. The van der Waals surface area contributed by atoms with E-state index in [-0.39, 0.29) is 11.0 Å². The van der Waals surface area contributed by atoms with Crippen LogP contribution in [-0.2, 0) is 4.79 Å². The molecule has 3 heteroatoms. The number of hydrogen-bond acceptors (Lipinski definition) is 2. The van der Waals surface area contributed by atoms with Crippen molar-refractivity contribution in [3.8, 4) is 0 Å². The summed E-state index contributed by atoms with van der Waals surface area (Å²) in [6, 6.07) is 7.87. The van der Waals surface area contributed by atoms with Crippen LogP contribution in [0.4, 0.5) is 0 Å². The normalized spacial score (nSPS) is 12.5. The van der Waals surface area contributed by atoms with Gasteiger partial charge in [0, 0.05) is 4.47 Å². The van der Waals surface area contributed by atoms with E-state index < -0.39 is 0 Å². The summed E-state index contributed by atoms with van der Waals surface area (Å²) in [6.45, 7) is 1.93. The minimum absolute atomic E-state index is 0.0110. The highest BCUT2D eigenvalue weighted by molar-refractivity contribution is 9.10. The zero-order chi connectivity index (χ0) is 9.84.